The average Bonchev–Trinajstić information content (AvgIpc) is 3.17. The molecule has 1 aromatic carbocycles. The van der Waals surface area contributed by atoms with Gasteiger partial charge in [-0.15, -0.1) is 0 Å². The molecule has 33 heavy (non-hydrogen) atoms. The van der Waals surface area contributed by atoms with Crippen LogP contribution < -0.4 is 5.46 Å². The monoisotopic (exact) mass is 456 g/mol. The number of carbonyl (C=O) groups excluding carboxylic acids is 1. The standard InChI is InChI=1S/C25H37BN2O5/c1-9-11-19-27-21(23(3,4)30)20(22(29)31-10-2)28(19)16-17-12-14-18(15-13-17)26-32-24(5,6)25(7,8)33-26/h12-15,30H,9-11,16H2,1-8H3. The van der Waals surface area contributed by atoms with Crippen LogP contribution in [0.25, 0.3) is 0 Å². The van der Waals surface area contributed by atoms with Crippen molar-refractivity contribution in [3.63, 3.8) is 0 Å². The van der Waals surface area contributed by atoms with Gasteiger partial charge in [-0.3, -0.25) is 0 Å². The molecular formula is C25H37BN2O5. The molecule has 1 fully saturated rings. The van der Waals surface area contributed by atoms with Crippen molar-refractivity contribution in [3.8, 4) is 0 Å². The van der Waals surface area contributed by atoms with Gasteiger partial charge < -0.3 is 23.7 Å². The molecule has 0 saturated carbocycles. The normalized spacial score (nSPS) is 17.4. The number of benzene rings is 1. The molecule has 0 unspecified atom stereocenters. The molecule has 0 amide bonds. The van der Waals surface area contributed by atoms with Crippen molar-refractivity contribution in [3.05, 3.63) is 47.0 Å². The summed E-state index contributed by atoms with van der Waals surface area (Å²) in [5, 5.41) is 10.7. The third-order valence-electron chi connectivity index (χ3n) is 6.41. The second kappa shape index (κ2) is 9.24. The minimum absolute atomic E-state index is 0.251. The molecule has 8 heteroatoms. The molecule has 2 heterocycles. The molecular weight excluding hydrogens is 419 g/mol. The van der Waals surface area contributed by atoms with E-state index in [4.69, 9.17) is 14.0 Å². The molecule has 1 saturated heterocycles. The fourth-order valence-electron chi connectivity index (χ4n) is 3.86. The topological polar surface area (TPSA) is 82.8 Å². The van der Waals surface area contributed by atoms with Crippen LogP contribution >= 0.6 is 0 Å². The van der Waals surface area contributed by atoms with Crippen LogP contribution in [-0.2, 0) is 32.6 Å². The summed E-state index contributed by atoms with van der Waals surface area (Å²) in [6, 6.07) is 8.01. The highest BCUT2D eigenvalue weighted by Gasteiger charge is 2.51. The zero-order chi connectivity index (χ0) is 24.6. The van der Waals surface area contributed by atoms with Crippen molar-refractivity contribution in [1.29, 1.82) is 0 Å². The minimum atomic E-state index is -1.27. The maximum Gasteiger partial charge on any atom is 0.494 e. The van der Waals surface area contributed by atoms with E-state index in [1.54, 1.807) is 20.8 Å². The summed E-state index contributed by atoms with van der Waals surface area (Å²) in [6.07, 6.45) is 1.56. The van der Waals surface area contributed by atoms with Crippen molar-refractivity contribution < 1.29 is 23.9 Å². The summed E-state index contributed by atoms with van der Waals surface area (Å²) in [7, 11) is -0.426. The number of aliphatic hydroxyl groups is 1. The molecule has 1 aliphatic heterocycles. The van der Waals surface area contributed by atoms with E-state index in [0.29, 0.717) is 24.4 Å². The predicted octanol–water partition coefficient (Wildman–Crippen LogP) is 3.59. The van der Waals surface area contributed by atoms with E-state index in [0.717, 1.165) is 23.3 Å². The number of hydrogen-bond donors (Lipinski definition) is 1. The highest BCUT2D eigenvalue weighted by Crippen LogP contribution is 2.36. The van der Waals surface area contributed by atoms with E-state index in [1.807, 2.05) is 56.5 Å². The Balaban J connectivity index is 1.94. The molecule has 7 nitrogen and oxygen atoms in total. The van der Waals surface area contributed by atoms with E-state index in [1.165, 1.54) is 0 Å². The van der Waals surface area contributed by atoms with Gasteiger partial charge in [-0.1, -0.05) is 31.2 Å². The van der Waals surface area contributed by atoms with Gasteiger partial charge in [0.05, 0.1) is 17.8 Å². The van der Waals surface area contributed by atoms with Gasteiger partial charge in [0.25, 0.3) is 0 Å². The number of ether oxygens (including phenoxy) is 1. The molecule has 1 aliphatic rings. The Labute approximate surface area is 197 Å². The zero-order valence-corrected chi connectivity index (χ0v) is 21.2. The molecule has 0 spiro atoms. The first kappa shape index (κ1) is 25.5. The first-order valence-corrected chi connectivity index (χ1v) is 11.7. The second-order valence-electron chi connectivity index (χ2n) is 10.2. The summed E-state index contributed by atoms with van der Waals surface area (Å²) in [5.74, 6) is 0.283. The lowest BCUT2D eigenvalue weighted by molar-refractivity contribution is 0.00578. The Hall–Kier alpha value is -2.16. The minimum Gasteiger partial charge on any atom is -0.461 e. The Bertz CT molecular complexity index is 973. The smallest absolute Gasteiger partial charge is 0.461 e. The van der Waals surface area contributed by atoms with Crippen molar-refractivity contribution in [2.24, 2.45) is 0 Å². The third kappa shape index (κ3) is 5.18. The molecule has 3 rings (SSSR count). The summed E-state index contributed by atoms with van der Waals surface area (Å²) in [4.78, 5) is 17.5. The van der Waals surface area contributed by atoms with Gasteiger partial charge in [-0.25, -0.2) is 9.78 Å². The number of imidazole rings is 1. The molecule has 1 N–H and O–H groups in total. The van der Waals surface area contributed by atoms with E-state index in [2.05, 4.69) is 11.9 Å². The van der Waals surface area contributed by atoms with E-state index in [9.17, 15) is 9.90 Å². The van der Waals surface area contributed by atoms with Gasteiger partial charge in [-0.2, -0.15) is 0 Å². The lowest BCUT2D eigenvalue weighted by Crippen LogP contribution is -2.41. The van der Waals surface area contributed by atoms with Gasteiger partial charge in [-0.05, 0) is 65.9 Å². The highest BCUT2D eigenvalue weighted by atomic mass is 16.7. The second-order valence-corrected chi connectivity index (χ2v) is 10.2. The first-order chi connectivity index (χ1) is 15.3. The van der Waals surface area contributed by atoms with E-state index in [-0.39, 0.29) is 6.61 Å². The van der Waals surface area contributed by atoms with Gasteiger partial charge in [0, 0.05) is 13.0 Å². The lowest BCUT2D eigenvalue weighted by atomic mass is 9.79. The van der Waals surface area contributed by atoms with Crippen molar-refractivity contribution in [1.82, 2.24) is 9.55 Å². The van der Waals surface area contributed by atoms with Crippen LogP contribution in [-0.4, -0.2) is 45.6 Å². The highest BCUT2D eigenvalue weighted by molar-refractivity contribution is 6.62. The van der Waals surface area contributed by atoms with Crippen LogP contribution in [0.4, 0.5) is 0 Å². The lowest BCUT2D eigenvalue weighted by Gasteiger charge is -2.32. The number of hydrogen-bond acceptors (Lipinski definition) is 6. The van der Waals surface area contributed by atoms with Crippen molar-refractivity contribution in [2.75, 3.05) is 6.61 Å². The summed E-state index contributed by atoms with van der Waals surface area (Å²) >= 11 is 0. The van der Waals surface area contributed by atoms with Gasteiger partial charge in [0.15, 0.2) is 5.69 Å². The maximum absolute atomic E-state index is 12.9. The van der Waals surface area contributed by atoms with Gasteiger partial charge in [0.2, 0.25) is 0 Å². The summed E-state index contributed by atoms with van der Waals surface area (Å²) in [5.41, 5.74) is 0.531. The van der Waals surface area contributed by atoms with Crippen LogP contribution in [0.15, 0.2) is 24.3 Å². The predicted molar refractivity (Wildman–Crippen MR) is 129 cm³/mol. The number of nitrogens with zero attached hydrogens (tertiary/aromatic N) is 2. The Morgan fingerprint density at radius 1 is 1.12 bits per heavy atom. The number of rotatable bonds is 8. The van der Waals surface area contributed by atoms with Crippen LogP contribution in [0, 0.1) is 0 Å². The molecule has 1 aromatic heterocycles. The van der Waals surface area contributed by atoms with Crippen molar-refractivity contribution >= 4 is 18.6 Å². The van der Waals surface area contributed by atoms with Crippen LogP contribution in [0.1, 0.15) is 89.4 Å². The fourth-order valence-corrected chi connectivity index (χ4v) is 3.86. The largest absolute Gasteiger partial charge is 0.494 e. The fraction of sp³-hybridized carbons (Fsp3) is 0.600. The van der Waals surface area contributed by atoms with Crippen LogP contribution in [0.3, 0.4) is 0 Å². The number of carbonyl (C=O) groups is 1. The molecule has 0 radical (unpaired) electrons. The Kier molecular flexibility index (Phi) is 7.13. The van der Waals surface area contributed by atoms with Crippen LogP contribution in [0.5, 0.6) is 0 Å². The maximum atomic E-state index is 12.9. The van der Waals surface area contributed by atoms with E-state index >= 15 is 0 Å². The molecule has 0 aliphatic carbocycles. The third-order valence-corrected chi connectivity index (χ3v) is 6.41. The molecule has 180 valence electrons. The summed E-state index contributed by atoms with van der Waals surface area (Å²) in [6.45, 7) is 15.9. The SMILES string of the molecule is CCCc1nc(C(C)(C)O)c(C(=O)OCC)n1Cc1ccc(B2OC(C)(C)C(C)(C)O2)cc1. The Morgan fingerprint density at radius 3 is 2.18 bits per heavy atom. The average molecular weight is 456 g/mol. The quantitative estimate of drug-likeness (QED) is 0.483. The van der Waals surface area contributed by atoms with Crippen LogP contribution in [0.2, 0.25) is 0 Å². The first-order valence-electron chi connectivity index (χ1n) is 11.7. The number of aromatic nitrogens is 2. The molecule has 0 bridgehead atoms. The number of aryl methyl sites for hydroxylation is 1. The Morgan fingerprint density at radius 2 is 1.70 bits per heavy atom. The van der Waals surface area contributed by atoms with Gasteiger partial charge >= 0.3 is 13.1 Å². The zero-order valence-electron chi connectivity index (χ0n) is 21.2. The van der Waals surface area contributed by atoms with Gasteiger partial charge in [0.1, 0.15) is 17.1 Å². The molecule has 2 aromatic rings. The molecule has 0 atom stereocenters. The number of esters is 1. The summed E-state index contributed by atoms with van der Waals surface area (Å²) < 4.78 is 19.5. The van der Waals surface area contributed by atoms with Crippen molar-refractivity contribution in [2.45, 2.75) is 91.6 Å². The van der Waals surface area contributed by atoms with E-state index < -0.39 is 29.9 Å².